The van der Waals surface area contributed by atoms with E-state index in [0.717, 1.165) is 25.1 Å². The second kappa shape index (κ2) is 5.60. The van der Waals surface area contributed by atoms with Crippen LogP contribution in [0.2, 0.25) is 0 Å². The number of nitrogens with two attached hydrogens (primary N) is 1. The third-order valence-electron chi connectivity index (χ3n) is 3.08. The van der Waals surface area contributed by atoms with Crippen molar-refractivity contribution in [3.05, 3.63) is 63.5 Å². The zero-order valence-electron chi connectivity index (χ0n) is 10.5. The molecule has 2 nitrogen and oxygen atoms in total. The van der Waals surface area contributed by atoms with E-state index in [9.17, 15) is 4.39 Å². The van der Waals surface area contributed by atoms with Crippen LogP contribution < -0.4 is 5.73 Å². The van der Waals surface area contributed by atoms with E-state index in [1.807, 2.05) is 18.2 Å². The van der Waals surface area contributed by atoms with Gasteiger partial charge in [0.1, 0.15) is 5.82 Å². The quantitative estimate of drug-likeness (QED) is 0.758. The van der Waals surface area contributed by atoms with Gasteiger partial charge in [-0.05, 0) is 51.6 Å². The van der Waals surface area contributed by atoms with Crippen LogP contribution in [0.3, 0.4) is 0 Å². The number of pyridine rings is 1. The van der Waals surface area contributed by atoms with E-state index in [0.29, 0.717) is 6.42 Å². The summed E-state index contributed by atoms with van der Waals surface area (Å²) in [5.74, 6) is -0.214. The summed E-state index contributed by atoms with van der Waals surface area (Å²) in [6.07, 6.45) is 2.44. The molecule has 0 amide bonds. The lowest BCUT2D eigenvalue weighted by Gasteiger charge is -2.08. The van der Waals surface area contributed by atoms with Gasteiger partial charge in [0.25, 0.3) is 0 Å². The topological polar surface area (TPSA) is 38.9 Å². The van der Waals surface area contributed by atoms with Gasteiger partial charge in [0.05, 0.1) is 0 Å². The lowest BCUT2D eigenvalue weighted by Crippen LogP contribution is -2.12. The molecule has 0 saturated heterocycles. The molecule has 0 bridgehead atoms. The molecule has 2 heterocycles. The number of rotatable bonds is 3. The SMILES string of the molecule is NC(Cc1ccc(Br)cn1)c1cc2ccc(F)cc2s1. The van der Waals surface area contributed by atoms with Crippen molar-refractivity contribution in [3.8, 4) is 0 Å². The van der Waals surface area contributed by atoms with Gasteiger partial charge in [0.2, 0.25) is 0 Å². The van der Waals surface area contributed by atoms with Gasteiger partial charge < -0.3 is 5.73 Å². The van der Waals surface area contributed by atoms with Gasteiger partial charge >= 0.3 is 0 Å². The van der Waals surface area contributed by atoms with E-state index in [2.05, 4.69) is 20.9 Å². The maximum absolute atomic E-state index is 13.2. The van der Waals surface area contributed by atoms with Crippen molar-refractivity contribution in [1.82, 2.24) is 4.98 Å². The lowest BCUT2D eigenvalue weighted by atomic mass is 10.1. The van der Waals surface area contributed by atoms with Crippen LogP contribution >= 0.6 is 27.3 Å². The Morgan fingerprint density at radius 2 is 2.10 bits per heavy atom. The van der Waals surface area contributed by atoms with Gasteiger partial charge in [-0.25, -0.2) is 4.39 Å². The molecule has 0 saturated carbocycles. The molecule has 1 aromatic carbocycles. The monoisotopic (exact) mass is 350 g/mol. The zero-order valence-corrected chi connectivity index (χ0v) is 12.9. The fourth-order valence-corrected chi connectivity index (χ4v) is 3.39. The van der Waals surface area contributed by atoms with Crippen molar-refractivity contribution in [3.63, 3.8) is 0 Å². The minimum Gasteiger partial charge on any atom is -0.323 e. The van der Waals surface area contributed by atoms with Gasteiger partial charge in [-0.2, -0.15) is 0 Å². The Kier molecular flexibility index (Phi) is 3.83. The van der Waals surface area contributed by atoms with Gasteiger partial charge in [-0.3, -0.25) is 4.98 Å². The van der Waals surface area contributed by atoms with Gasteiger partial charge in [-0.1, -0.05) is 6.07 Å². The summed E-state index contributed by atoms with van der Waals surface area (Å²) in [5, 5.41) is 1.03. The van der Waals surface area contributed by atoms with Crippen molar-refractivity contribution in [1.29, 1.82) is 0 Å². The van der Waals surface area contributed by atoms with E-state index in [4.69, 9.17) is 5.73 Å². The summed E-state index contributed by atoms with van der Waals surface area (Å²) in [6, 6.07) is 10.6. The molecule has 0 spiro atoms. The van der Waals surface area contributed by atoms with Crippen molar-refractivity contribution in [2.24, 2.45) is 5.73 Å². The Balaban J connectivity index is 1.84. The van der Waals surface area contributed by atoms with Crippen LogP contribution in [0.15, 0.2) is 47.1 Å². The molecule has 0 fully saturated rings. The zero-order chi connectivity index (χ0) is 14.1. The molecule has 0 aliphatic heterocycles. The van der Waals surface area contributed by atoms with Crippen LogP contribution in [0.25, 0.3) is 10.1 Å². The fraction of sp³-hybridized carbons (Fsp3) is 0.133. The highest BCUT2D eigenvalue weighted by Crippen LogP contribution is 2.30. The van der Waals surface area contributed by atoms with Crippen molar-refractivity contribution in [2.75, 3.05) is 0 Å². The highest BCUT2D eigenvalue weighted by Gasteiger charge is 2.12. The molecule has 2 aromatic heterocycles. The fourth-order valence-electron chi connectivity index (χ4n) is 2.06. The first kappa shape index (κ1) is 13.7. The molecule has 3 aromatic rings. The highest BCUT2D eigenvalue weighted by molar-refractivity contribution is 9.10. The largest absolute Gasteiger partial charge is 0.323 e. The first-order valence-corrected chi connectivity index (χ1v) is 7.78. The molecule has 102 valence electrons. The molecule has 2 N–H and O–H groups in total. The summed E-state index contributed by atoms with van der Waals surface area (Å²) in [7, 11) is 0. The molecular formula is C15H12BrFN2S. The van der Waals surface area contributed by atoms with Crippen molar-refractivity contribution < 1.29 is 4.39 Å². The predicted molar refractivity (Wildman–Crippen MR) is 84.4 cm³/mol. The Hall–Kier alpha value is -1.30. The van der Waals surface area contributed by atoms with Crippen LogP contribution in [0.1, 0.15) is 16.6 Å². The number of aromatic nitrogens is 1. The number of fused-ring (bicyclic) bond motifs is 1. The number of benzene rings is 1. The van der Waals surface area contributed by atoms with Crippen LogP contribution in [0, 0.1) is 5.82 Å². The second-order valence-corrected chi connectivity index (χ2v) is 6.64. The minimum atomic E-state index is -0.214. The maximum Gasteiger partial charge on any atom is 0.124 e. The molecule has 3 rings (SSSR count). The first-order chi connectivity index (χ1) is 9.61. The summed E-state index contributed by atoms with van der Waals surface area (Å²) < 4.78 is 15.1. The Labute approximate surface area is 128 Å². The van der Waals surface area contributed by atoms with E-state index in [1.165, 1.54) is 17.4 Å². The van der Waals surface area contributed by atoms with Crippen LogP contribution in [0.4, 0.5) is 4.39 Å². The lowest BCUT2D eigenvalue weighted by molar-refractivity contribution is 0.630. The molecule has 1 unspecified atom stereocenters. The van der Waals surface area contributed by atoms with E-state index < -0.39 is 0 Å². The van der Waals surface area contributed by atoms with Crippen LogP contribution in [0.5, 0.6) is 0 Å². The van der Waals surface area contributed by atoms with E-state index in [1.54, 1.807) is 18.3 Å². The predicted octanol–water partition coefficient (Wildman–Crippen LogP) is 4.44. The number of hydrogen-bond donors (Lipinski definition) is 1. The molecule has 1 atom stereocenters. The second-order valence-electron chi connectivity index (χ2n) is 4.61. The molecule has 0 aliphatic rings. The Morgan fingerprint density at radius 1 is 1.25 bits per heavy atom. The maximum atomic E-state index is 13.2. The molecular weight excluding hydrogens is 339 g/mol. The van der Waals surface area contributed by atoms with E-state index in [-0.39, 0.29) is 11.9 Å². The van der Waals surface area contributed by atoms with Crippen molar-refractivity contribution >= 4 is 37.4 Å². The third kappa shape index (κ3) is 2.90. The normalized spacial score (nSPS) is 12.8. The molecule has 5 heteroatoms. The summed E-state index contributed by atoms with van der Waals surface area (Å²) in [5.41, 5.74) is 7.18. The van der Waals surface area contributed by atoms with E-state index >= 15 is 0 Å². The smallest absolute Gasteiger partial charge is 0.124 e. The molecule has 0 radical (unpaired) electrons. The average molecular weight is 351 g/mol. The number of halogens is 2. The standard InChI is InChI=1S/C15H12BrFN2S/c16-10-2-4-12(19-8-10)7-13(18)15-5-9-1-3-11(17)6-14(9)20-15/h1-6,8,13H,7,18H2. The highest BCUT2D eigenvalue weighted by atomic mass is 79.9. The summed E-state index contributed by atoms with van der Waals surface area (Å²) in [6.45, 7) is 0. The Bertz CT molecular complexity index is 739. The summed E-state index contributed by atoms with van der Waals surface area (Å²) in [4.78, 5) is 5.38. The van der Waals surface area contributed by atoms with Crippen molar-refractivity contribution in [2.45, 2.75) is 12.5 Å². The third-order valence-corrected chi connectivity index (χ3v) is 4.78. The van der Waals surface area contributed by atoms with Gasteiger partial charge in [0.15, 0.2) is 0 Å². The average Bonchev–Trinajstić information content (AvgIpc) is 2.84. The molecule has 20 heavy (non-hydrogen) atoms. The molecule has 0 aliphatic carbocycles. The van der Waals surface area contributed by atoms with Crippen LogP contribution in [-0.4, -0.2) is 4.98 Å². The van der Waals surface area contributed by atoms with Gasteiger partial charge in [-0.15, -0.1) is 11.3 Å². The van der Waals surface area contributed by atoms with Gasteiger partial charge in [0, 0.05) is 38.4 Å². The first-order valence-electron chi connectivity index (χ1n) is 6.17. The number of thiophene rings is 1. The number of hydrogen-bond acceptors (Lipinski definition) is 3. The number of nitrogens with zero attached hydrogens (tertiary/aromatic N) is 1. The van der Waals surface area contributed by atoms with Crippen LogP contribution in [-0.2, 0) is 6.42 Å². The minimum absolute atomic E-state index is 0.121. The Morgan fingerprint density at radius 3 is 2.85 bits per heavy atom. The summed E-state index contributed by atoms with van der Waals surface area (Å²) >= 11 is 4.90.